The first-order chi connectivity index (χ1) is 19.0. The molecule has 40 heavy (non-hydrogen) atoms. The lowest BCUT2D eigenvalue weighted by molar-refractivity contribution is -0.206. The summed E-state index contributed by atoms with van der Waals surface area (Å²) in [4.78, 5) is 0. The summed E-state index contributed by atoms with van der Waals surface area (Å²) in [6.07, 6.45) is -15.4. The first kappa shape index (κ1) is 26.1. The van der Waals surface area contributed by atoms with Crippen molar-refractivity contribution in [3.63, 3.8) is 0 Å². The van der Waals surface area contributed by atoms with Crippen LogP contribution in [0.25, 0.3) is 54.2 Å². The molecule has 2 atom stereocenters. The third kappa shape index (κ3) is 3.98. The van der Waals surface area contributed by atoms with Crippen LogP contribution in [0, 0.1) is 0 Å². The van der Waals surface area contributed by atoms with Crippen LogP contribution in [0.2, 0.25) is 0 Å². The van der Waals surface area contributed by atoms with Crippen LogP contribution in [0.5, 0.6) is 0 Å². The SMILES string of the molecule is OC(c1c2ccccc2c(-c2c3ccccc3c(C(O)C(F)(F)F)c3ccccc23)c2ccccc12)C(F)(F)F. The number of fused-ring (bicyclic) bond motifs is 4. The van der Waals surface area contributed by atoms with E-state index in [1.54, 1.807) is 72.8 Å². The molecule has 202 valence electrons. The summed E-state index contributed by atoms with van der Waals surface area (Å²) in [7, 11) is 0. The molecule has 0 amide bonds. The fraction of sp³-hybridized carbons (Fsp3) is 0.125. The van der Waals surface area contributed by atoms with Crippen LogP contribution in [0.15, 0.2) is 97.1 Å². The summed E-state index contributed by atoms with van der Waals surface area (Å²) in [6.45, 7) is 0. The van der Waals surface area contributed by atoms with E-state index in [4.69, 9.17) is 0 Å². The summed E-state index contributed by atoms with van der Waals surface area (Å²) in [5.41, 5.74) is 0.454. The highest BCUT2D eigenvalue weighted by molar-refractivity contribution is 6.25. The van der Waals surface area contributed by atoms with E-state index in [9.17, 15) is 36.6 Å². The molecule has 0 bridgehead atoms. The molecule has 0 saturated heterocycles. The molecular weight excluding hydrogens is 530 g/mol. The van der Waals surface area contributed by atoms with E-state index in [-0.39, 0.29) is 32.7 Å². The smallest absolute Gasteiger partial charge is 0.379 e. The van der Waals surface area contributed by atoms with Crippen LogP contribution in [-0.2, 0) is 0 Å². The Kier molecular flexibility index (Phi) is 6.01. The molecule has 0 fully saturated rings. The minimum Gasteiger partial charge on any atom is -0.379 e. The minimum atomic E-state index is -4.93. The van der Waals surface area contributed by atoms with Gasteiger partial charge < -0.3 is 10.2 Å². The molecule has 6 aromatic carbocycles. The van der Waals surface area contributed by atoms with Crippen molar-refractivity contribution in [3.8, 4) is 11.1 Å². The van der Waals surface area contributed by atoms with E-state index >= 15 is 0 Å². The maximum atomic E-state index is 13.9. The highest BCUT2D eigenvalue weighted by Gasteiger charge is 2.43. The minimum absolute atomic E-state index is 0.175. The lowest BCUT2D eigenvalue weighted by atomic mass is 9.81. The quantitative estimate of drug-likeness (QED) is 0.170. The molecule has 0 spiro atoms. The van der Waals surface area contributed by atoms with E-state index in [1.165, 1.54) is 24.3 Å². The van der Waals surface area contributed by atoms with Crippen molar-refractivity contribution in [3.05, 3.63) is 108 Å². The molecule has 0 heterocycles. The number of rotatable bonds is 3. The Bertz CT molecular complexity index is 1670. The van der Waals surface area contributed by atoms with Gasteiger partial charge >= 0.3 is 12.4 Å². The van der Waals surface area contributed by atoms with Gasteiger partial charge in [0, 0.05) is 11.1 Å². The molecular formula is C32H20F6O2. The number of hydrogen-bond acceptors (Lipinski definition) is 2. The average Bonchev–Trinajstić information content (AvgIpc) is 2.93. The van der Waals surface area contributed by atoms with E-state index in [1.807, 2.05) is 0 Å². The first-order valence-corrected chi connectivity index (χ1v) is 12.4. The van der Waals surface area contributed by atoms with Crippen molar-refractivity contribution in [1.29, 1.82) is 0 Å². The molecule has 0 saturated carbocycles. The molecule has 0 aliphatic rings. The fourth-order valence-corrected chi connectivity index (χ4v) is 5.78. The monoisotopic (exact) mass is 550 g/mol. The van der Waals surface area contributed by atoms with Crippen LogP contribution >= 0.6 is 0 Å². The van der Waals surface area contributed by atoms with Gasteiger partial charge in [0.1, 0.15) is 0 Å². The summed E-state index contributed by atoms with van der Waals surface area (Å²) >= 11 is 0. The Hall–Kier alpha value is -4.14. The van der Waals surface area contributed by atoms with Gasteiger partial charge in [-0.1, -0.05) is 97.1 Å². The van der Waals surface area contributed by atoms with Gasteiger partial charge in [-0.25, -0.2) is 0 Å². The third-order valence-electron chi connectivity index (χ3n) is 7.36. The molecule has 6 aromatic rings. The maximum Gasteiger partial charge on any atom is 0.418 e. The van der Waals surface area contributed by atoms with Gasteiger partial charge in [0.05, 0.1) is 0 Å². The number of aliphatic hydroxyl groups is 2. The second-order valence-corrected chi connectivity index (χ2v) is 9.65. The van der Waals surface area contributed by atoms with Crippen molar-refractivity contribution in [2.75, 3.05) is 0 Å². The molecule has 0 aliphatic carbocycles. The maximum absolute atomic E-state index is 13.9. The number of alkyl halides is 6. The second kappa shape index (κ2) is 9.21. The van der Waals surface area contributed by atoms with E-state index in [0.29, 0.717) is 32.7 Å². The lowest BCUT2D eigenvalue weighted by Crippen LogP contribution is -2.21. The number of benzene rings is 6. The molecule has 2 nitrogen and oxygen atoms in total. The Morgan fingerprint density at radius 2 is 0.575 bits per heavy atom. The van der Waals surface area contributed by atoms with Crippen molar-refractivity contribution in [2.45, 2.75) is 24.6 Å². The van der Waals surface area contributed by atoms with Crippen molar-refractivity contribution in [1.82, 2.24) is 0 Å². The number of halogens is 6. The second-order valence-electron chi connectivity index (χ2n) is 9.65. The van der Waals surface area contributed by atoms with Gasteiger partial charge in [-0.05, 0) is 54.2 Å². The predicted octanol–water partition coefficient (Wildman–Crippen LogP) is 9.16. The van der Waals surface area contributed by atoms with Gasteiger partial charge in [-0.3, -0.25) is 0 Å². The number of aliphatic hydroxyl groups excluding tert-OH is 2. The molecule has 0 aromatic heterocycles. The lowest BCUT2D eigenvalue weighted by Gasteiger charge is -2.25. The van der Waals surface area contributed by atoms with Gasteiger partial charge in [0.25, 0.3) is 0 Å². The predicted molar refractivity (Wildman–Crippen MR) is 144 cm³/mol. The molecule has 0 radical (unpaired) electrons. The standard InChI is InChI=1S/C32H20F6O2/c33-31(34,35)29(39)27-21-13-5-1-9-17(21)25(18-10-2-6-14-22(18)27)26-19-11-3-7-15-23(19)28(30(40)32(36,37)38)24-16-8-4-12-20(24)26/h1-16,29-30,39-40H. The van der Waals surface area contributed by atoms with Gasteiger partial charge in [-0.2, -0.15) is 26.3 Å². The highest BCUT2D eigenvalue weighted by Crippen LogP contribution is 2.50. The van der Waals surface area contributed by atoms with Crippen LogP contribution in [0.4, 0.5) is 26.3 Å². The van der Waals surface area contributed by atoms with E-state index in [2.05, 4.69) is 0 Å². The molecule has 2 N–H and O–H groups in total. The van der Waals surface area contributed by atoms with Gasteiger partial charge in [-0.15, -0.1) is 0 Å². The van der Waals surface area contributed by atoms with E-state index in [0.717, 1.165) is 0 Å². The zero-order chi connectivity index (χ0) is 28.4. The molecule has 0 aliphatic heterocycles. The molecule has 8 heteroatoms. The Morgan fingerprint density at radius 3 is 0.775 bits per heavy atom. The normalized spacial score (nSPS) is 14.3. The highest BCUT2D eigenvalue weighted by atomic mass is 19.4. The topological polar surface area (TPSA) is 40.5 Å². The van der Waals surface area contributed by atoms with Crippen molar-refractivity contribution < 1.29 is 36.6 Å². The molecule has 2 unspecified atom stereocenters. The zero-order valence-corrected chi connectivity index (χ0v) is 20.6. The summed E-state index contributed by atoms with van der Waals surface area (Å²) in [6, 6.07) is 25.5. The van der Waals surface area contributed by atoms with Crippen molar-refractivity contribution >= 4 is 43.1 Å². The van der Waals surface area contributed by atoms with Crippen LogP contribution in [0.1, 0.15) is 23.3 Å². The Balaban J connectivity index is 1.87. The van der Waals surface area contributed by atoms with E-state index < -0.39 is 24.6 Å². The molecule has 6 rings (SSSR count). The summed E-state index contributed by atoms with van der Waals surface area (Å²) < 4.78 is 83.3. The largest absolute Gasteiger partial charge is 0.418 e. The van der Waals surface area contributed by atoms with Crippen LogP contribution in [-0.4, -0.2) is 22.6 Å². The average molecular weight is 550 g/mol. The van der Waals surface area contributed by atoms with Gasteiger partial charge in [0.15, 0.2) is 12.2 Å². The van der Waals surface area contributed by atoms with Gasteiger partial charge in [0.2, 0.25) is 0 Å². The summed E-state index contributed by atoms with van der Waals surface area (Å²) in [5, 5.41) is 23.3. The number of hydrogen-bond donors (Lipinski definition) is 2. The van der Waals surface area contributed by atoms with Crippen LogP contribution in [0.3, 0.4) is 0 Å². The van der Waals surface area contributed by atoms with Crippen LogP contribution < -0.4 is 0 Å². The fourth-order valence-electron chi connectivity index (χ4n) is 5.78. The Labute approximate surface area is 223 Å². The summed E-state index contributed by atoms with van der Waals surface area (Å²) in [5.74, 6) is 0. The zero-order valence-electron chi connectivity index (χ0n) is 20.6. The van der Waals surface area contributed by atoms with Crippen molar-refractivity contribution in [2.24, 2.45) is 0 Å². The third-order valence-corrected chi connectivity index (χ3v) is 7.36. The first-order valence-electron chi connectivity index (χ1n) is 12.4. The Morgan fingerprint density at radius 1 is 0.375 bits per heavy atom.